The van der Waals surface area contributed by atoms with Crippen molar-refractivity contribution in [2.45, 2.75) is 13.8 Å². The van der Waals surface area contributed by atoms with Crippen LogP contribution in [0.3, 0.4) is 0 Å². The molecule has 0 fully saturated rings. The lowest BCUT2D eigenvalue weighted by atomic mass is 10.1. The maximum atomic E-state index is 13.9. The number of methoxy groups -OCH3 is 1. The van der Waals surface area contributed by atoms with E-state index in [4.69, 9.17) is 9.47 Å². The first-order valence-electron chi connectivity index (χ1n) is 6.70. The van der Waals surface area contributed by atoms with Gasteiger partial charge in [0.1, 0.15) is 22.6 Å². The first kappa shape index (κ1) is 15.0. The molecule has 0 aliphatic heterocycles. The van der Waals surface area contributed by atoms with Gasteiger partial charge in [-0.15, -0.1) is 0 Å². The van der Waals surface area contributed by atoms with Crippen molar-refractivity contribution in [2.75, 3.05) is 25.6 Å². The first-order chi connectivity index (χ1) is 10.1. The molecule has 112 valence electrons. The maximum absolute atomic E-state index is 13.9. The molecular weight excluding hydrogens is 275 g/mol. The Labute approximate surface area is 122 Å². The summed E-state index contributed by atoms with van der Waals surface area (Å²) in [6.45, 7) is 4.42. The molecule has 0 saturated carbocycles. The van der Waals surface area contributed by atoms with Crippen molar-refractivity contribution in [1.82, 2.24) is 4.98 Å². The lowest BCUT2D eigenvalue weighted by Gasteiger charge is -2.15. The summed E-state index contributed by atoms with van der Waals surface area (Å²) < 4.78 is 24.2. The van der Waals surface area contributed by atoms with Crippen molar-refractivity contribution in [3.8, 4) is 5.75 Å². The zero-order valence-corrected chi connectivity index (χ0v) is 12.2. The SMILES string of the molecule is CCNc1c(C(=O)OCC)cnc2c(F)ccc(OC)c12. The largest absolute Gasteiger partial charge is 0.496 e. The molecule has 2 rings (SSSR count). The molecule has 0 radical (unpaired) electrons. The molecule has 1 aromatic carbocycles. The van der Waals surface area contributed by atoms with Crippen LogP contribution < -0.4 is 10.1 Å². The minimum atomic E-state index is -0.505. The van der Waals surface area contributed by atoms with Gasteiger partial charge in [0.05, 0.1) is 24.8 Å². The van der Waals surface area contributed by atoms with Gasteiger partial charge in [0, 0.05) is 12.7 Å². The number of pyridine rings is 1. The smallest absolute Gasteiger partial charge is 0.341 e. The average Bonchev–Trinajstić information content (AvgIpc) is 2.48. The quantitative estimate of drug-likeness (QED) is 0.858. The van der Waals surface area contributed by atoms with E-state index in [0.717, 1.165) is 0 Å². The van der Waals surface area contributed by atoms with Crippen LogP contribution in [0.5, 0.6) is 5.75 Å². The number of fused-ring (bicyclic) bond motifs is 1. The van der Waals surface area contributed by atoms with Crippen LogP contribution in [0.25, 0.3) is 10.9 Å². The number of benzene rings is 1. The van der Waals surface area contributed by atoms with Gasteiger partial charge in [-0.2, -0.15) is 0 Å². The third-order valence-corrected chi connectivity index (χ3v) is 3.00. The fourth-order valence-electron chi connectivity index (χ4n) is 2.14. The summed E-state index contributed by atoms with van der Waals surface area (Å²) in [5.74, 6) is -0.532. The molecule has 1 heterocycles. The normalized spacial score (nSPS) is 10.5. The molecule has 0 unspecified atom stereocenters. The highest BCUT2D eigenvalue weighted by Gasteiger charge is 2.20. The Balaban J connectivity index is 2.77. The molecule has 0 saturated heterocycles. The highest BCUT2D eigenvalue weighted by molar-refractivity contribution is 6.07. The number of hydrogen-bond acceptors (Lipinski definition) is 5. The highest BCUT2D eigenvalue weighted by Crippen LogP contribution is 2.35. The van der Waals surface area contributed by atoms with Crippen LogP contribution in [0.4, 0.5) is 10.1 Å². The molecule has 0 aliphatic rings. The molecular formula is C15H17FN2O3. The van der Waals surface area contributed by atoms with Crippen molar-refractivity contribution in [3.63, 3.8) is 0 Å². The van der Waals surface area contributed by atoms with Gasteiger partial charge >= 0.3 is 5.97 Å². The number of rotatable bonds is 5. The highest BCUT2D eigenvalue weighted by atomic mass is 19.1. The lowest BCUT2D eigenvalue weighted by Crippen LogP contribution is -2.11. The number of aromatic nitrogens is 1. The van der Waals surface area contributed by atoms with E-state index >= 15 is 0 Å². The minimum Gasteiger partial charge on any atom is -0.496 e. The monoisotopic (exact) mass is 292 g/mol. The minimum absolute atomic E-state index is 0.151. The molecule has 1 N–H and O–H groups in total. The van der Waals surface area contributed by atoms with E-state index in [-0.39, 0.29) is 17.7 Å². The van der Waals surface area contributed by atoms with Crippen LogP contribution in [0, 0.1) is 5.82 Å². The molecule has 0 atom stereocenters. The average molecular weight is 292 g/mol. The van der Waals surface area contributed by atoms with Gasteiger partial charge in [-0.3, -0.25) is 4.98 Å². The van der Waals surface area contributed by atoms with Crippen LogP contribution >= 0.6 is 0 Å². The number of carbonyl (C=O) groups is 1. The van der Waals surface area contributed by atoms with E-state index in [1.54, 1.807) is 6.92 Å². The van der Waals surface area contributed by atoms with Crippen LogP contribution in [0.1, 0.15) is 24.2 Å². The van der Waals surface area contributed by atoms with Gasteiger partial charge in [0.2, 0.25) is 0 Å². The van der Waals surface area contributed by atoms with E-state index in [2.05, 4.69) is 10.3 Å². The second kappa shape index (κ2) is 6.39. The predicted octanol–water partition coefficient (Wildman–Crippen LogP) is 2.99. The van der Waals surface area contributed by atoms with Crippen LogP contribution in [-0.4, -0.2) is 31.2 Å². The molecule has 0 aliphatic carbocycles. The Bertz CT molecular complexity index is 674. The number of hydrogen-bond donors (Lipinski definition) is 1. The second-order valence-corrected chi connectivity index (χ2v) is 4.27. The predicted molar refractivity (Wildman–Crippen MR) is 78.4 cm³/mol. The molecule has 5 nitrogen and oxygen atoms in total. The van der Waals surface area contributed by atoms with Gasteiger partial charge in [0.15, 0.2) is 0 Å². The molecule has 0 amide bonds. The van der Waals surface area contributed by atoms with Gasteiger partial charge in [0.25, 0.3) is 0 Å². The summed E-state index contributed by atoms with van der Waals surface area (Å²) in [4.78, 5) is 16.1. The van der Waals surface area contributed by atoms with Gasteiger partial charge < -0.3 is 14.8 Å². The van der Waals surface area contributed by atoms with Crippen molar-refractivity contribution < 1.29 is 18.7 Å². The van der Waals surface area contributed by atoms with Gasteiger partial charge in [-0.05, 0) is 26.0 Å². The van der Waals surface area contributed by atoms with Gasteiger partial charge in [-0.1, -0.05) is 0 Å². The zero-order valence-electron chi connectivity index (χ0n) is 12.2. The first-order valence-corrected chi connectivity index (χ1v) is 6.70. The molecule has 21 heavy (non-hydrogen) atoms. The zero-order chi connectivity index (χ0) is 15.4. The number of carbonyl (C=O) groups excluding carboxylic acids is 1. The number of ether oxygens (including phenoxy) is 2. The third kappa shape index (κ3) is 2.74. The summed E-state index contributed by atoms with van der Waals surface area (Å²) >= 11 is 0. The van der Waals surface area contributed by atoms with Crippen LogP contribution in [0.2, 0.25) is 0 Å². The summed E-state index contributed by atoms with van der Waals surface area (Å²) in [6, 6.07) is 2.79. The van der Waals surface area contributed by atoms with Crippen molar-refractivity contribution >= 4 is 22.6 Å². The Morgan fingerprint density at radius 1 is 1.38 bits per heavy atom. The Kier molecular flexibility index (Phi) is 4.57. The van der Waals surface area contributed by atoms with Gasteiger partial charge in [-0.25, -0.2) is 9.18 Å². The Morgan fingerprint density at radius 2 is 2.14 bits per heavy atom. The third-order valence-electron chi connectivity index (χ3n) is 3.00. The molecule has 1 aromatic heterocycles. The molecule has 0 spiro atoms. The van der Waals surface area contributed by atoms with E-state index in [0.29, 0.717) is 23.4 Å². The number of nitrogens with zero attached hydrogens (tertiary/aromatic N) is 1. The van der Waals surface area contributed by atoms with Crippen LogP contribution in [-0.2, 0) is 4.74 Å². The standard InChI is InChI=1S/C15H17FN2O3/c1-4-17-13-9(15(19)21-5-2)8-18-14-10(16)6-7-11(20-3)12(13)14/h6-8H,4-5H2,1-3H3,(H,17,18). The van der Waals surface area contributed by atoms with Crippen LogP contribution in [0.15, 0.2) is 18.3 Å². The summed E-state index contributed by atoms with van der Waals surface area (Å²) in [7, 11) is 1.49. The van der Waals surface area contributed by atoms with Crippen molar-refractivity contribution in [3.05, 3.63) is 29.7 Å². The number of nitrogens with one attached hydrogen (secondary N) is 1. The van der Waals surface area contributed by atoms with E-state index < -0.39 is 11.8 Å². The van der Waals surface area contributed by atoms with Crippen molar-refractivity contribution in [2.24, 2.45) is 0 Å². The number of anilines is 1. The number of halogens is 1. The summed E-state index contributed by atoms with van der Waals surface area (Å²) in [6.07, 6.45) is 1.32. The molecule has 2 aromatic rings. The Morgan fingerprint density at radius 3 is 2.76 bits per heavy atom. The molecule has 6 heteroatoms. The molecule has 0 bridgehead atoms. The van der Waals surface area contributed by atoms with E-state index in [1.165, 1.54) is 25.4 Å². The topological polar surface area (TPSA) is 60.5 Å². The fraction of sp³-hybridized carbons (Fsp3) is 0.333. The van der Waals surface area contributed by atoms with E-state index in [9.17, 15) is 9.18 Å². The summed E-state index contributed by atoms with van der Waals surface area (Å²) in [5, 5.41) is 3.51. The number of esters is 1. The summed E-state index contributed by atoms with van der Waals surface area (Å²) in [5.41, 5.74) is 0.880. The fourth-order valence-corrected chi connectivity index (χ4v) is 2.14. The van der Waals surface area contributed by atoms with Crippen molar-refractivity contribution in [1.29, 1.82) is 0 Å². The lowest BCUT2D eigenvalue weighted by molar-refractivity contribution is 0.0527. The second-order valence-electron chi connectivity index (χ2n) is 4.27. The maximum Gasteiger partial charge on any atom is 0.341 e. The van der Waals surface area contributed by atoms with E-state index in [1.807, 2.05) is 6.92 Å². The Hall–Kier alpha value is -2.37.